The summed E-state index contributed by atoms with van der Waals surface area (Å²) in [5.41, 5.74) is 20.3. The lowest BCUT2D eigenvalue weighted by molar-refractivity contribution is 0.670. The van der Waals surface area contributed by atoms with Crippen LogP contribution >= 0.6 is 0 Å². The number of benzene rings is 8. The molecule has 9 aromatic rings. The van der Waals surface area contributed by atoms with Gasteiger partial charge in [0.1, 0.15) is 11.2 Å². The molecule has 0 radical (unpaired) electrons. The number of para-hydroxylation sites is 2. The Labute approximate surface area is 345 Å². The summed E-state index contributed by atoms with van der Waals surface area (Å²) in [6.07, 6.45) is 7.27. The van der Waals surface area contributed by atoms with Crippen LogP contribution in [0.5, 0.6) is 0 Å². The fourth-order valence-electron chi connectivity index (χ4n) is 9.11. The van der Waals surface area contributed by atoms with Crippen molar-refractivity contribution < 1.29 is 4.42 Å². The molecular weight excluding hydrogens is 715 g/mol. The molecule has 0 bridgehead atoms. The summed E-state index contributed by atoms with van der Waals surface area (Å²) in [7, 11) is 0. The van der Waals surface area contributed by atoms with Crippen molar-refractivity contribution in [2.45, 2.75) is 31.7 Å². The van der Waals surface area contributed by atoms with E-state index in [0.717, 1.165) is 44.3 Å². The Kier molecular flexibility index (Phi) is 8.70. The first-order chi connectivity index (χ1) is 29.1. The summed E-state index contributed by atoms with van der Waals surface area (Å²) in [4.78, 5) is 0. The average Bonchev–Trinajstić information content (AvgIpc) is 4.09. The summed E-state index contributed by atoms with van der Waals surface area (Å²) in [6, 6.07) is 68.1. The minimum atomic E-state index is -0.0683. The van der Waals surface area contributed by atoms with Crippen LogP contribution in [0.3, 0.4) is 0 Å². The van der Waals surface area contributed by atoms with E-state index >= 15 is 0 Å². The minimum Gasteiger partial charge on any atom is -0.455 e. The van der Waals surface area contributed by atoms with Gasteiger partial charge in [-0.05, 0) is 128 Å². The third kappa shape index (κ3) is 6.57. The first-order valence-electron chi connectivity index (χ1n) is 20.8. The molecule has 1 unspecified atom stereocenters. The standard InChI is InChI=1S/C57H43NO/c1-37-47(22-11-23-48(37)51-20-6-5-19-49(51)41-31-32-41)42-15-9-17-44(33-42)54-35-46(40-29-27-39(28-30-40)38-13-3-2-4-14-38)36-55(58-54)45-18-10-16-43(34-45)50-24-12-25-53-52-21-7-8-26-56(52)59-57(50)53/h2-30,33-36,41,55,58H,31-32H2,1H3. The van der Waals surface area contributed by atoms with E-state index in [1.807, 2.05) is 6.07 Å². The number of hydrogen-bond acceptors (Lipinski definition) is 2. The summed E-state index contributed by atoms with van der Waals surface area (Å²) < 4.78 is 6.49. The number of furan rings is 1. The van der Waals surface area contributed by atoms with Gasteiger partial charge in [-0.2, -0.15) is 0 Å². The van der Waals surface area contributed by atoms with Crippen LogP contribution in [-0.4, -0.2) is 0 Å². The van der Waals surface area contributed by atoms with Gasteiger partial charge in [-0.1, -0.05) is 170 Å². The van der Waals surface area contributed by atoms with Crippen LogP contribution in [0.2, 0.25) is 0 Å². The molecular formula is C57H43NO. The Bertz CT molecular complexity index is 3090. The van der Waals surface area contributed by atoms with Gasteiger partial charge in [-0.3, -0.25) is 0 Å². The first-order valence-corrected chi connectivity index (χ1v) is 20.8. The Morgan fingerprint density at radius 2 is 1.08 bits per heavy atom. The van der Waals surface area contributed by atoms with Crippen molar-refractivity contribution in [3.05, 3.63) is 228 Å². The molecule has 282 valence electrons. The zero-order valence-electron chi connectivity index (χ0n) is 33.0. The van der Waals surface area contributed by atoms with Crippen molar-refractivity contribution in [2.24, 2.45) is 0 Å². The van der Waals surface area contributed by atoms with Gasteiger partial charge in [-0.15, -0.1) is 0 Å². The summed E-state index contributed by atoms with van der Waals surface area (Å²) >= 11 is 0. The van der Waals surface area contributed by atoms with Gasteiger partial charge in [0.25, 0.3) is 0 Å². The van der Waals surface area contributed by atoms with E-state index in [9.17, 15) is 0 Å². The maximum Gasteiger partial charge on any atom is 0.143 e. The van der Waals surface area contributed by atoms with E-state index in [-0.39, 0.29) is 6.04 Å². The molecule has 1 fully saturated rings. The van der Waals surface area contributed by atoms with Crippen LogP contribution in [0, 0.1) is 6.92 Å². The number of rotatable bonds is 8. The van der Waals surface area contributed by atoms with Crippen LogP contribution in [0.25, 0.3) is 77.7 Å². The monoisotopic (exact) mass is 757 g/mol. The summed E-state index contributed by atoms with van der Waals surface area (Å²) in [5.74, 6) is 0.686. The van der Waals surface area contributed by atoms with Crippen molar-refractivity contribution in [1.82, 2.24) is 5.32 Å². The topological polar surface area (TPSA) is 25.2 Å². The number of nitrogens with one attached hydrogen (secondary N) is 1. The zero-order valence-corrected chi connectivity index (χ0v) is 33.0. The smallest absolute Gasteiger partial charge is 0.143 e. The van der Waals surface area contributed by atoms with Crippen LogP contribution in [-0.2, 0) is 0 Å². The molecule has 59 heavy (non-hydrogen) atoms. The first kappa shape index (κ1) is 35.0. The number of allylic oxidation sites excluding steroid dienone is 2. The highest BCUT2D eigenvalue weighted by Crippen LogP contribution is 2.46. The Morgan fingerprint density at radius 1 is 0.475 bits per heavy atom. The third-order valence-electron chi connectivity index (χ3n) is 12.3. The SMILES string of the molecule is Cc1c(-c2cccc(C3=CC(c4ccc(-c5ccccc5)cc4)=CC(c4cccc(-c5cccc6c5oc5ccccc56)c4)N3)c2)cccc1-c1ccccc1C1CC1. The second-order valence-electron chi connectivity index (χ2n) is 16.1. The lowest BCUT2D eigenvalue weighted by Gasteiger charge is -2.26. The average molecular weight is 758 g/mol. The number of dihydropyridines is 1. The highest BCUT2D eigenvalue weighted by Gasteiger charge is 2.27. The molecule has 2 nitrogen and oxygen atoms in total. The summed E-state index contributed by atoms with van der Waals surface area (Å²) in [5, 5.41) is 6.26. The van der Waals surface area contributed by atoms with E-state index in [0.29, 0.717) is 5.92 Å². The maximum absolute atomic E-state index is 6.49. The predicted octanol–water partition coefficient (Wildman–Crippen LogP) is 15.2. The molecule has 2 aliphatic rings. The molecule has 1 N–H and O–H groups in total. The van der Waals surface area contributed by atoms with Gasteiger partial charge in [0.05, 0.1) is 6.04 Å². The molecule has 1 aliphatic heterocycles. The minimum absolute atomic E-state index is 0.0683. The second-order valence-corrected chi connectivity index (χ2v) is 16.1. The predicted molar refractivity (Wildman–Crippen MR) is 247 cm³/mol. The lowest BCUT2D eigenvalue weighted by atomic mass is 9.88. The highest BCUT2D eigenvalue weighted by atomic mass is 16.3. The van der Waals surface area contributed by atoms with Crippen molar-refractivity contribution >= 4 is 33.2 Å². The van der Waals surface area contributed by atoms with Gasteiger partial charge in [0.2, 0.25) is 0 Å². The molecule has 1 aromatic heterocycles. The van der Waals surface area contributed by atoms with Gasteiger partial charge < -0.3 is 9.73 Å². The number of fused-ring (bicyclic) bond motifs is 3. The molecule has 1 saturated carbocycles. The molecule has 1 aliphatic carbocycles. The van der Waals surface area contributed by atoms with Gasteiger partial charge >= 0.3 is 0 Å². The van der Waals surface area contributed by atoms with Gasteiger partial charge in [0.15, 0.2) is 0 Å². The lowest BCUT2D eigenvalue weighted by Crippen LogP contribution is -2.21. The van der Waals surface area contributed by atoms with Gasteiger partial charge in [-0.25, -0.2) is 0 Å². The quantitative estimate of drug-likeness (QED) is 0.167. The van der Waals surface area contributed by atoms with Crippen LogP contribution in [0.15, 0.2) is 205 Å². The third-order valence-corrected chi connectivity index (χ3v) is 12.3. The van der Waals surface area contributed by atoms with Crippen molar-refractivity contribution in [2.75, 3.05) is 0 Å². The van der Waals surface area contributed by atoms with E-state index in [1.54, 1.807) is 0 Å². The van der Waals surface area contributed by atoms with Crippen molar-refractivity contribution in [3.8, 4) is 44.5 Å². The Morgan fingerprint density at radius 3 is 1.95 bits per heavy atom. The highest BCUT2D eigenvalue weighted by molar-refractivity contribution is 6.09. The maximum atomic E-state index is 6.49. The van der Waals surface area contributed by atoms with Crippen LogP contribution in [0.1, 0.15) is 52.6 Å². The molecule has 2 heterocycles. The number of hydrogen-bond donors (Lipinski definition) is 1. The van der Waals surface area contributed by atoms with Crippen molar-refractivity contribution in [3.63, 3.8) is 0 Å². The molecule has 0 amide bonds. The Hall–Kier alpha value is -7.16. The fourth-order valence-corrected chi connectivity index (χ4v) is 9.11. The summed E-state index contributed by atoms with van der Waals surface area (Å²) in [6.45, 7) is 2.29. The second kappa shape index (κ2) is 14.7. The van der Waals surface area contributed by atoms with Crippen molar-refractivity contribution in [1.29, 1.82) is 0 Å². The molecule has 0 saturated heterocycles. The molecule has 0 spiro atoms. The van der Waals surface area contributed by atoms with E-state index in [4.69, 9.17) is 4.42 Å². The van der Waals surface area contributed by atoms with Crippen LogP contribution in [0.4, 0.5) is 0 Å². The van der Waals surface area contributed by atoms with Gasteiger partial charge in [0, 0.05) is 22.0 Å². The zero-order chi connectivity index (χ0) is 39.3. The van der Waals surface area contributed by atoms with E-state index < -0.39 is 0 Å². The van der Waals surface area contributed by atoms with Crippen LogP contribution < -0.4 is 5.32 Å². The molecule has 11 rings (SSSR count). The normalized spacial score (nSPS) is 15.2. The molecule has 8 aromatic carbocycles. The fraction of sp³-hybridized carbons (Fsp3) is 0.0877. The molecule has 2 heteroatoms. The largest absolute Gasteiger partial charge is 0.455 e. The molecule has 1 atom stereocenters. The Balaban J connectivity index is 0.989. The van der Waals surface area contributed by atoms with E-state index in [2.05, 4.69) is 206 Å². The van der Waals surface area contributed by atoms with E-state index in [1.165, 1.54) is 74.0 Å².